The molecule has 1 aromatic heterocycles. The lowest BCUT2D eigenvalue weighted by Crippen LogP contribution is -2.17. The number of para-hydroxylation sites is 2. The Labute approximate surface area is 262 Å². The molecular weight excluding hydrogens is 546 g/mol. The van der Waals surface area contributed by atoms with Gasteiger partial charge in [0.25, 0.3) is 0 Å². The molecule has 2 nitrogen and oxygen atoms in total. The number of nitrogens with zero attached hydrogens (tertiary/aromatic N) is 1. The monoisotopic (exact) mass is 577 g/mol. The molecule has 1 heterocycles. The van der Waals surface area contributed by atoms with Crippen LogP contribution in [0.1, 0.15) is 25.0 Å². The summed E-state index contributed by atoms with van der Waals surface area (Å²) in [6.07, 6.45) is 0. The number of furan rings is 1. The van der Waals surface area contributed by atoms with Crippen molar-refractivity contribution >= 4 is 49.8 Å². The molecule has 0 spiro atoms. The summed E-state index contributed by atoms with van der Waals surface area (Å²) in [5.41, 5.74) is 12.6. The van der Waals surface area contributed by atoms with Crippen LogP contribution in [0.2, 0.25) is 0 Å². The van der Waals surface area contributed by atoms with Crippen LogP contribution in [-0.2, 0) is 5.41 Å². The highest BCUT2D eigenvalue weighted by Crippen LogP contribution is 2.53. The molecule has 0 bridgehead atoms. The van der Waals surface area contributed by atoms with Crippen LogP contribution >= 0.6 is 0 Å². The average Bonchev–Trinajstić information content (AvgIpc) is 3.58. The molecule has 9 rings (SSSR count). The minimum Gasteiger partial charge on any atom is -0.454 e. The Bertz CT molecular complexity index is 2410. The topological polar surface area (TPSA) is 16.4 Å². The van der Waals surface area contributed by atoms with E-state index < -0.39 is 0 Å². The molecule has 0 saturated heterocycles. The number of hydrogen-bond donors (Lipinski definition) is 0. The van der Waals surface area contributed by atoms with E-state index in [0.717, 1.165) is 39.0 Å². The van der Waals surface area contributed by atoms with Crippen molar-refractivity contribution in [1.29, 1.82) is 0 Å². The maximum Gasteiger partial charge on any atom is 0.159 e. The lowest BCUT2D eigenvalue weighted by molar-refractivity contribution is 0.666. The summed E-state index contributed by atoms with van der Waals surface area (Å²) >= 11 is 0. The second-order valence-corrected chi connectivity index (χ2v) is 12.6. The van der Waals surface area contributed by atoms with Gasteiger partial charge in [-0.25, -0.2) is 0 Å². The van der Waals surface area contributed by atoms with Crippen molar-refractivity contribution in [3.8, 4) is 22.3 Å². The van der Waals surface area contributed by atoms with Gasteiger partial charge in [0, 0.05) is 27.6 Å². The van der Waals surface area contributed by atoms with Gasteiger partial charge in [-0.3, -0.25) is 0 Å². The van der Waals surface area contributed by atoms with Crippen molar-refractivity contribution in [2.45, 2.75) is 19.3 Å². The SMILES string of the molecule is CC1(C)c2cc(N(c3cccc(-c4ccccc4)c3)c3cccc4c3oc3ccccc34)ccc2-c2ccc3ccccc3c21. The van der Waals surface area contributed by atoms with Gasteiger partial charge in [-0.05, 0) is 80.6 Å². The molecule has 0 N–H and O–H groups in total. The summed E-state index contributed by atoms with van der Waals surface area (Å²) in [6, 6.07) is 54.6. The van der Waals surface area contributed by atoms with E-state index in [1.54, 1.807) is 0 Å². The second kappa shape index (κ2) is 9.70. The molecule has 8 aromatic rings. The zero-order valence-corrected chi connectivity index (χ0v) is 25.3. The van der Waals surface area contributed by atoms with Crippen molar-refractivity contribution in [3.05, 3.63) is 163 Å². The Kier molecular flexibility index (Phi) is 5.58. The minimum atomic E-state index is -0.162. The van der Waals surface area contributed by atoms with E-state index in [9.17, 15) is 0 Å². The smallest absolute Gasteiger partial charge is 0.159 e. The van der Waals surface area contributed by atoms with Crippen LogP contribution in [0.25, 0.3) is 55.0 Å². The van der Waals surface area contributed by atoms with Gasteiger partial charge in [-0.1, -0.05) is 129 Å². The molecular formula is C43H31NO. The highest BCUT2D eigenvalue weighted by atomic mass is 16.3. The number of anilines is 3. The van der Waals surface area contributed by atoms with Crippen molar-refractivity contribution < 1.29 is 4.42 Å². The van der Waals surface area contributed by atoms with Crippen molar-refractivity contribution in [3.63, 3.8) is 0 Å². The molecule has 0 amide bonds. The van der Waals surface area contributed by atoms with E-state index in [1.807, 2.05) is 6.07 Å². The molecule has 214 valence electrons. The first kappa shape index (κ1) is 25.9. The molecule has 0 saturated carbocycles. The standard InChI is InChI=1S/C43H31NO/c1-43(2)38-27-32(23-25-34(38)36-24-22-29-14-6-7-17-33(29)41(36)43)44(31-16-10-15-30(26-31)28-12-4-3-5-13-28)39-20-11-19-37-35-18-8-9-21-40(35)45-42(37)39/h3-27H,1-2H3. The molecule has 1 aliphatic carbocycles. The van der Waals surface area contributed by atoms with Gasteiger partial charge in [-0.2, -0.15) is 0 Å². The van der Waals surface area contributed by atoms with Crippen LogP contribution < -0.4 is 4.90 Å². The van der Waals surface area contributed by atoms with Gasteiger partial charge in [-0.15, -0.1) is 0 Å². The Balaban J connectivity index is 1.29. The predicted molar refractivity (Wildman–Crippen MR) is 189 cm³/mol. The van der Waals surface area contributed by atoms with E-state index in [2.05, 4.69) is 164 Å². The Morgan fingerprint density at radius 3 is 2.09 bits per heavy atom. The largest absolute Gasteiger partial charge is 0.454 e. The molecule has 1 aliphatic rings. The minimum absolute atomic E-state index is 0.162. The first-order valence-corrected chi connectivity index (χ1v) is 15.6. The van der Waals surface area contributed by atoms with Crippen molar-refractivity contribution in [2.24, 2.45) is 0 Å². The summed E-state index contributed by atoms with van der Waals surface area (Å²) in [5.74, 6) is 0. The average molecular weight is 578 g/mol. The predicted octanol–water partition coefficient (Wildman–Crippen LogP) is 12.2. The number of benzene rings is 7. The second-order valence-electron chi connectivity index (χ2n) is 12.6. The molecule has 45 heavy (non-hydrogen) atoms. The summed E-state index contributed by atoms with van der Waals surface area (Å²) in [7, 11) is 0. The van der Waals surface area contributed by atoms with E-state index in [1.165, 1.54) is 44.2 Å². The van der Waals surface area contributed by atoms with Crippen LogP contribution in [0.5, 0.6) is 0 Å². The first-order valence-electron chi connectivity index (χ1n) is 15.6. The van der Waals surface area contributed by atoms with Gasteiger partial charge >= 0.3 is 0 Å². The Hall–Kier alpha value is -5.60. The summed E-state index contributed by atoms with van der Waals surface area (Å²) in [4.78, 5) is 2.37. The summed E-state index contributed by atoms with van der Waals surface area (Å²) in [5, 5.41) is 4.86. The summed E-state index contributed by atoms with van der Waals surface area (Å²) in [6.45, 7) is 4.74. The van der Waals surface area contributed by atoms with Crippen LogP contribution in [0, 0.1) is 0 Å². The van der Waals surface area contributed by atoms with Crippen LogP contribution in [0.3, 0.4) is 0 Å². The third kappa shape index (κ3) is 3.89. The quantitative estimate of drug-likeness (QED) is 0.207. The third-order valence-electron chi connectivity index (χ3n) is 9.61. The van der Waals surface area contributed by atoms with Gasteiger partial charge in [0.2, 0.25) is 0 Å². The number of hydrogen-bond acceptors (Lipinski definition) is 2. The Morgan fingerprint density at radius 2 is 1.20 bits per heavy atom. The maximum absolute atomic E-state index is 6.61. The molecule has 2 heteroatoms. The molecule has 7 aromatic carbocycles. The lowest BCUT2D eigenvalue weighted by Gasteiger charge is -2.28. The maximum atomic E-state index is 6.61. The zero-order chi connectivity index (χ0) is 30.1. The van der Waals surface area contributed by atoms with Gasteiger partial charge in [0.1, 0.15) is 5.58 Å². The molecule has 0 atom stereocenters. The number of rotatable bonds is 4. The van der Waals surface area contributed by atoms with Crippen molar-refractivity contribution in [1.82, 2.24) is 0 Å². The Morgan fingerprint density at radius 1 is 0.511 bits per heavy atom. The molecule has 0 aliphatic heterocycles. The fourth-order valence-electron chi connectivity index (χ4n) is 7.52. The van der Waals surface area contributed by atoms with Crippen molar-refractivity contribution in [2.75, 3.05) is 4.90 Å². The fraction of sp³-hybridized carbons (Fsp3) is 0.0698. The van der Waals surface area contributed by atoms with Gasteiger partial charge in [0.15, 0.2) is 5.58 Å². The van der Waals surface area contributed by atoms with E-state index in [4.69, 9.17) is 4.42 Å². The molecule has 0 fully saturated rings. The summed E-state index contributed by atoms with van der Waals surface area (Å²) < 4.78 is 6.61. The van der Waals surface area contributed by atoms with Gasteiger partial charge in [0.05, 0.1) is 5.69 Å². The molecule has 0 radical (unpaired) electrons. The normalized spacial score (nSPS) is 13.3. The van der Waals surface area contributed by atoms with E-state index in [0.29, 0.717) is 0 Å². The lowest BCUT2D eigenvalue weighted by atomic mass is 9.80. The zero-order valence-electron chi connectivity index (χ0n) is 25.3. The highest BCUT2D eigenvalue weighted by Gasteiger charge is 2.37. The van der Waals surface area contributed by atoms with Crippen LogP contribution in [-0.4, -0.2) is 0 Å². The van der Waals surface area contributed by atoms with Gasteiger partial charge < -0.3 is 9.32 Å². The van der Waals surface area contributed by atoms with Crippen LogP contribution in [0.15, 0.2) is 156 Å². The van der Waals surface area contributed by atoms with E-state index >= 15 is 0 Å². The molecule has 0 unspecified atom stereocenters. The fourth-order valence-corrected chi connectivity index (χ4v) is 7.52. The van der Waals surface area contributed by atoms with Crippen LogP contribution in [0.4, 0.5) is 17.1 Å². The highest BCUT2D eigenvalue weighted by molar-refractivity contribution is 6.10. The number of fused-ring (bicyclic) bond motifs is 8. The third-order valence-corrected chi connectivity index (χ3v) is 9.61. The van der Waals surface area contributed by atoms with E-state index in [-0.39, 0.29) is 5.41 Å². The first-order chi connectivity index (χ1) is 22.1.